The minimum atomic E-state index is -2.06. The maximum Gasteiger partial charge on any atom is 0.343 e. The summed E-state index contributed by atoms with van der Waals surface area (Å²) < 4.78 is 17.8. The van der Waals surface area contributed by atoms with Crippen molar-refractivity contribution in [2.45, 2.75) is 6.17 Å². The number of rotatable bonds is 3. The average Bonchev–Trinajstić information content (AvgIpc) is 2.16. The minimum Gasteiger partial charge on any atom is -0.495 e. The Morgan fingerprint density at radius 2 is 2.29 bits per heavy atom. The lowest BCUT2D eigenvalue weighted by atomic mass is 10.1. The van der Waals surface area contributed by atoms with Crippen LogP contribution in [0.4, 0.5) is 4.39 Å². The normalized spacial score (nSPS) is 12.2. The Hall–Kier alpha value is -1.29. The van der Waals surface area contributed by atoms with E-state index in [1.54, 1.807) is 0 Å². The summed E-state index contributed by atoms with van der Waals surface area (Å²) in [6.45, 7) is 0. The molecule has 0 radical (unpaired) electrons. The molecule has 0 amide bonds. The molecule has 1 atom stereocenters. The zero-order valence-electron chi connectivity index (χ0n) is 7.33. The Balaban J connectivity index is 3.02. The molecule has 1 aromatic rings. The fourth-order valence-electron chi connectivity index (χ4n) is 0.983. The number of hydrogen-bond acceptors (Lipinski definition) is 2. The number of carboxylic acid groups (broad SMARTS) is 1. The van der Waals surface area contributed by atoms with Crippen molar-refractivity contribution >= 4 is 17.6 Å². The lowest BCUT2D eigenvalue weighted by molar-refractivity contribution is -0.143. The number of halogens is 2. The highest BCUT2D eigenvalue weighted by atomic mass is 35.5. The van der Waals surface area contributed by atoms with Crippen molar-refractivity contribution in [1.29, 1.82) is 0 Å². The quantitative estimate of drug-likeness (QED) is 0.848. The molecule has 0 aliphatic rings. The van der Waals surface area contributed by atoms with Gasteiger partial charge in [-0.05, 0) is 17.7 Å². The molecule has 0 aromatic heterocycles. The summed E-state index contributed by atoms with van der Waals surface area (Å²) in [7, 11) is 1.42. The van der Waals surface area contributed by atoms with Gasteiger partial charge in [0.2, 0.25) is 6.17 Å². The van der Waals surface area contributed by atoms with E-state index < -0.39 is 12.1 Å². The van der Waals surface area contributed by atoms with Crippen molar-refractivity contribution in [2.75, 3.05) is 7.11 Å². The zero-order valence-corrected chi connectivity index (χ0v) is 8.08. The summed E-state index contributed by atoms with van der Waals surface area (Å²) in [6.07, 6.45) is -2.06. The van der Waals surface area contributed by atoms with E-state index in [9.17, 15) is 9.18 Å². The molecule has 0 aliphatic carbocycles. The molecular formula is C9H8ClFO3. The summed E-state index contributed by atoms with van der Waals surface area (Å²) in [5, 5.41) is 8.59. The second kappa shape index (κ2) is 4.28. The number of carbonyl (C=O) groups is 1. The molecule has 0 bridgehead atoms. The van der Waals surface area contributed by atoms with E-state index in [0.29, 0.717) is 5.75 Å². The van der Waals surface area contributed by atoms with Crippen LogP contribution in [0.2, 0.25) is 5.02 Å². The second-order valence-corrected chi connectivity index (χ2v) is 3.00. The van der Waals surface area contributed by atoms with Gasteiger partial charge in [0, 0.05) is 0 Å². The van der Waals surface area contributed by atoms with Gasteiger partial charge >= 0.3 is 5.97 Å². The topological polar surface area (TPSA) is 46.5 Å². The smallest absolute Gasteiger partial charge is 0.343 e. The van der Waals surface area contributed by atoms with Crippen LogP contribution in [0.15, 0.2) is 18.2 Å². The molecule has 0 saturated heterocycles. The van der Waals surface area contributed by atoms with Crippen LogP contribution in [0.1, 0.15) is 11.7 Å². The Morgan fingerprint density at radius 3 is 2.71 bits per heavy atom. The molecule has 1 aromatic carbocycles. The maximum atomic E-state index is 13.0. The molecule has 1 unspecified atom stereocenters. The number of aliphatic carboxylic acids is 1. The van der Waals surface area contributed by atoms with Crippen LogP contribution in [0.3, 0.4) is 0 Å². The molecule has 0 fully saturated rings. The fourth-order valence-corrected chi connectivity index (χ4v) is 1.25. The number of benzene rings is 1. The number of alkyl halides is 1. The largest absolute Gasteiger partial charge is 0.495 e. The third-order valence-corrected chi connectivity index (χ3v) is 1.98. The Morgan fingerprint density at radius 1 is 1.64 bits per heavy atom. The van der Waals surface area contributed by atoms with Crippen molar-refractivity contribution in [2.24, 2.45) is 0 Å². The van der Waals surface area contributed by atoms with Gasteiger partial charge in [-0.15, -0.1) is 0 Å². The Labute approximate surface area is 85.1 Å². The zero-order chi connectivity index (χ0) is 10.7. The summed E-state index contributed by atoms with van der Waals surface area (Å²) in [4.78, 5) is 10.3. The first-order valence-corrected chi connectivity index (χ1v) is 4.14. The van der Waals surface area contributed by atoms with Crippen LogP contribution in [0.5, 0.6) is 5.75 Å². The highest BCUT2D eigenvalue weighted by molar-refractivity contribution is 6.32. The molecule has 0 spiro atoms. The average molecular weight is 219 g/mol. The molecule has 76 valence electrons. The first kappa shape index (κ1) is 10.8. The van der Waals surface area contributed by atoms with Gasteiger partial charge in [-0.1, -0.05) is 17.7 Å². The summed E-state index contributed by atoms with van der Waals surface area (Å²) >= 11 is 5.69. The van der Waals surface area contributed by atoms with E-state index in [1.807, 2.05) is 0 Å². The molecule has 5 heteroatoms. The predicted molar refractivity (Wildman–Crippen MR) is 49.5 cm³/mol. The molecule has 3 nitrogen and oxygen atoms in total. The van der Waals surface area contributed by atoms with Crippen molar-refractivity contribution in [3.8, 4) is 5.75 Å². The van der Waals surface area contributed by atoms with Gasteiger partial charge in [-0.3, -0.25) is 0 Å². The van der Waals surface area contributed by atoms with Crippen LogP contribution >= 0.6 is 11.6 Å². The molecule has 1 N–H and O–H groups in total. The van der Waals surface area contributed by atoms with Gasteiger partial charge in [0.05, 0.1) is 12.1 Å². The summed E-state index contributed by atoms with van der Waals surface area (Å²) in [5.41, 5.74) is 0.00306. The first-order chi connectivity index (χ1) is 6.56. The van der Waals surface area contributed by atoms with Gasteiger partial charge in [0.1, 0.15) is 5.75 Å². The van der Waals surface area contributed by atoms with Gasteiger partial charge in [-0.25, -0.2) is 9.18 Å². The number of hydrogen-bond donors (Lipinski definition) is 1. The molecule has 1 rings (SSSR count). The summed E-state index contributed by atoms with van der Waals surface area (Å²) in [5.74, 6) is -1.15. The van der Waals surface area contributed by atoms with E-state index in [4.69, 9.17) is 21.4 Å². The van der Waals surface area contributed by atoms with E-state index in [1.165, 1.54) is 25.3 Å². The van der Waals surface area contributed by atoms with Crippen LogP contribution in [-0.4, -0.2) is 18.2 Å². The fraction of sp³-hybridized carbons (Fsp3) is 0.222. The van der Waals surface area contributed by atoms with Crippen LogP contribution < -0.4 is 4.74 Å². The predicted octanol–water partition coefficient (Wildman–Crippen LogP) is 2.44. The number of carboxylic acids is 1. The number of methoxy groups -OCH3 is 1. The molecular weight excluding hydrogens is 211 g/mol. The van der Waals surface area contributed by atoms with Gasteiger partial charge in [-0.2, -0.15) is 0 Å². The monoisotopic (exact) mass is 218 g/mol. The van der Waals surface area contributed by atoms with Crippen molar-refractivity contribution in [3.05, 3.63) is 28.8 Å². The molecule has 14 heavy (non-hydrogen) atoms. The van der Waals surface area contributed by atoms with Gasteiger partial charge < -0.3 is 9.84 Å². The highest BCUT2D eigenvalue weighted by Crippen LogP contribution is 2.28. The van der Waals surface area contributed by atoms with E-state index in [0.717, 1.165) is 0 Å². The van der Waals surface area contributed by atoms with Crippen molar-refractivity contribution < 1.29 is 19.0 Å². The third-order valence-electron chi connectivity index (χ3n) is 1.69. The van der Waals surface area contributed by atoms with E-state index in [2.05, 4.69) is 0 Å². The summed E-state index contributed by atoms with van der Waals surface area (Å²) in [6, 6.07) is 3.98. The SMILES string of the molecule is COc1ccc(C(F)C(=O)O)cc1Cl. The lowest BCUT2D eigenvalue weighted by Gasteiger charge is -2.06. The number of ether oxygens (including phenoxy) is 1. The van der Waals surface area contributed by atoms with Crippen LogP contribution in [0, 0.1) is 0 Å². The highest BCUT2D eigenvalue weighted by Gasteiger charge is 2.19. The third kappa shape index (κ3) is 2.14. The second-order valence-electron chi connectivity index (χ2n) is 2.59. The Bertz CT molecular complexity index is 354. The van der Waals surface area contributed by atoms with Gasteiger partial charge in [0.25, 0.3) is 0 Å². The first-order valence-electron chi connectivity index (χ1n) is 3.76. The minimum absolute atomic E-state index is 0.00306. The van der Waals surface area contributed by atoms with Crippen molar-refractivity contribution in [1.82, 2.24) is 0 Å². The van der Waals surface area contributed by atoms with E-state index in [-0.39, 0.29) is 10.6 Å². The van der Waals surface area contributed by atoms with Crippen LogP contribution in [0.25, 0.3) is 0 Å². The molecule has 0 heterocycles. The van der Waals surface area contributed by atoms with Crippen LogP contribution in [-0.2, 0) is 4.79 Å². The van der Waals surface area contributed by atoms with E-state index >= 15 is 0 Å². The Kier molecular flexibility index (Phi) is 3.30. The van der Waals surface area contributed by atoms with Crippen molar-refractivity contribution in [3.63, 3.8) is 0 Å². The molecule has 0 saturated carbocycles. The lowest BCUT2D eigenvalue weighted by Crippen LogP contribution is -2.05. The molecule has 0 aliphatic heterocycles. The van der Waals surface area contributed by atoms with Gasteiger partial charge in [0.15, 0.2) is 0 Å². The standard InChI is InChI=1S/C9H8ClFO3/c1-14-7-3-2-5(4-6(7)10)8(11)9(12)13/h2-4,8H,1H3,(H,12,13). The maximum absolute atomic E-state index is 13.0.